The highest BCUT2D eigenvalue weighted by Crippen LogP contribution is 2.26. The van der Waals surface area contributed by atoms with Gasteiger partial charge in [-0.15, -0.1) is 0 Å². The van der Waals surface area contributed by atoms with Gasteiger partial charge in [-0.3, -0.25) is 14.9 Å². The zero-order chi connectivity index (χ0) is 17.5. The van der Waals surface area contributed by atoms with Crippen LogP contribution in [0.2, 0.25) is 5.02 Å². The van der Waals surface area contributed by atoms with E-state index in [4.69, 9.17) is 16.3 Å². The molecule has 0 saturated carbocycles. The Bertz CT molecular complexity index is 735. The van der Waals surface area contributed by atoms with E-state index in [0.29, 0.717) is 29.5 Å². The Balaban J connectivity index is 2.17. The van der Waals surface area contributed by atoms with Crippen molar-refractivity contribution in [3.8, 4) is 0 Å². The van der Waals surface area contributed by atoms with Crippen LogP contribution >= 0.6 is 11.6 Å². The molecule has 0 aliphatic rings. The smallest absolute Gasteiger partial charge is 0.293 e. The minimum Gasteiger partial charge on any atom is -0.383 e. The second kappa shape index (κ2) is 8.28. The number of carbonyl (C=O) groups is 1. The van der Waals surface area contributed by atoms with Crippen molar-refractivity contribution in [1.29, 1.82) is 0 Å². The minimum atomic E-state index is -0.534. The molecule has 0 fully saturated rings. The first-order valence-electron chi connectivity index (χ1n) is 7.09. The molecule has 0 bridgehead atoms. The van der Waals surface area contributed by atoms with Crippen molar-refractivity contribution in [2.45, 2.75) is 0 Å². The fraction of sp³-hybridized carbons (Fsp3) is 0.188. The Labute approximate surface area is 143 Å². The number of anilines is 2. The SMILES string of the molecule is COCCNc1ccc(C(=O)Nc2ccc(Cl)cc2)cc1[N+](=O)[O-]. The van der Waals surface area contributed by atoms with E-state index in [2.05, 4.69) is 10.6 Å². The summed E-state index contributed by atoms with van der Waals surface area (Å²) in [5.41, 5.74) is 0.901. The summed E-state index contributed by atoms with van der Waals surface area (Å²) in [6.07, 6.45) is 0. The maximum Gasteiger partial charge on any atom is 0.293 e. The van der Waals surface area contributed by atoms with Crippen molar-refractivity contribution in [1.82, 2.24) is 0 Å². The molecule has 2 N–H and O–H groups in total. The molecular formula is C16H16ClN3O4. The lowest BCUT2D eigenvalue weighted by Crippen LogP contribution is -2.13. The van der Waals surface area contributed by atoms with Crippen LogP contribution in [0.3, 0.4) is 0 Å². The number of methoxy groups -OCH3 is 1. The molecule has 2 aromatic carbocycles. The van der Waals surface area contributed by atoms with Gasteiger partial charge in [0.1, 0.15) is 5.69 Å². The second-order valence-electron chi connectivity index (χ2n) is 4.87. The van der Waals surface area contributed by atoms with Crippen molar-refractivity contribution in [2.75, 3.05) is 30.9 Å². The van der Waals surface area contributed by atoms with E-state index in [0.717, 1.165) is 0 Å². The number of halogens is 1. The van der Waals surface area contributed by atoms with Crippen molar-refractivity contribution < 1.29 is 14.5 Å². The van der Waals surface area contributed by atoms with E-state index in [1.807, 2.05) is 0 Å². The summed E-state index contributed by atoms with van der Waals surface area (Å²) in [6, 6.07) is 10.8. The Hall–Kier alpha value is -2.64. The minimum absolute atomic E-state index is 0.171. The van der Waals surface area contributed by atoms with Gasteiger partial charge in [-0.25, -0.2) is 0 Å². The van der Waals surface area contributed by atoms with Crippen LogP contribution in [0.5, 0.6) is 0 Å². The number of nitrogens with zero attached hydrogens (tertiary/aromatic N) is 1. The van der Waals surface area contributed by atoms with Crippen LogP contribution in [0.4, 0.5) is 17.1 Å². The van der Waals surface area contributed by atoms with Gasteiger partial charge in [0.2, 0.25) is 0 Å². The van der Waals surface area contributed by atoms with Gasteiger partial charge in [0.15, 0.2) is 0 Å². The molecule has 0 radical (unpaired) electrons. The third kappa shape index (κ3) is 4.68. The number of benzene rings is 2. The highest BCUT2D eigenvalue weighted by molar-refractivity contribution is 6.30. The summed E-state index contributed by atoms with van der Waals surface area (Å²) in [5, 5.41) is 17.3. The van der Waals surface area contributed by atoms with E-state index < -0.39 is 10.8 Å². The van der Waals surface area contributed by atoms with E-state index in [1.165, 1.54) is 18.2 Å². The first-order chi connectivity index (χ1) is 11.5. The molecule has 126 valence electrons. The molecule has 0 aliphatic heterocycles. The lowest BCUT2D eigenvalue weighted by Gasteiger charge is -2.09. The molecular weight excluding hydrogens is 334 g/mol. The molecule has 2 rings (SSSR count). The van der Waals surface area contributed by atoms with Crippen molar-refractivity contribution in [3.05, 3.63) is 63.2 Å². The topological polar surface area (TPSA) is 93.5 Å². The molecule has 7 nitrogen and oxygen atoms in total. The highest BCUT2D eigenvalue weighted by Gasteiger charge is 2.17. The fourth-order valence-corrected chi connectivity index (χ4v) is 2.12. The molecule has 0 aromatic heterocycles. The average Bonchev–Trinajstić information content (AvgIpc) is 2.57. The number of rotatable bonds is 7. The van der Waals surface area contributed by atoms with Gasteiger partial charge >= 0.3 is 0 Å². The number of carbonyl (C=O) groups excluding carboxylic acids is 1. The predicted octanol–water partition coefficient (Wildman–Crippen LogP) is 3.56. The normalized spacial score (nSPS) is 10.2. The first-order valence-corrected chi connectivity index (χ1v) is 7.47. The molecule has 2 aromatic rings. The van der Waals surface area contributed by atoms with E-state index in [-0.39, 0.29) is 11.3 Å². The quantitative estimate of drug-likeness (QED) is 0.453. The van der Waals surface area contributed by atoms with Crippen LogP contribution in [-0.4, -0.2) is 31.1 Å². The Morgan fingerprint density at radius 1 is 1.25 bits per heavy atom. The Morgan fingerprint density at radius 2 is 1.96 bits per heavy atom. The van der Waals surface area contributed by atoms with Gasteiger partial charge < -0.3 is 15.4 Å². The summed E-state index contributed by atoms with van der Waals surface area (Å²) in [7, 11) is 1.54. The van der Waals surface area contributed by atoms with Gasteiger partial charge in [0.05, 0.1) is 11.5 Å². The Kier molecular flexibility index (Phi) is 6.11. The van der Waals surface area contributed by atoms with Gasteiger partial charge in [-0.05, 0) is 36.4 Å². The van der Waals surface area contributed by atoms with Crippen LogP contribution in [0, 0.1) is 10.1 Å². The van der Waals surface area contributed by atoms with Gasteiger partial charge in [0.25, 0.3) is 11.6 Å². The molecule has 1 amide bonds. The molecule has 0 unspecified atom stereocenters. The summed E-state index contributed by atoms with van der Waals surface area (Å²) < 4.78 is 4.89. The van der Waals surface area contributed by atoms with Gasteiger partial charge in [-0.2, -0.15) is 0 Å². The summed E-state index contributed by atoms with van der Waals surface area (Å²) >= 11 is 5.79. The molecule has 0 heterocycles. The standard InChI is InChI=1S/C16H16ClN3O4/c1-24-9-8-18-14-7-2-11(10-15(14)20(22)23)16(21)19-13-5-3-12(17)4-6-13/h2-7,10,18H,8-9H2,1H3,(H,19,21). The molecule has 0 saturated heterocycles. The molecule has 24 heavy (non-hydrogen) atoms. The number of amides is 1. The largest absolute Gasteiger partial charge is 0.383 e. The summed E-state index contributed by atoms with van der Waals surface area (Å²) in [4.78, 5) is 22.9. The van der Waals surface area contributed by atoms with Crippen LogP contribution in [0.1, 0.15) is 10.4 Å². The van der Waals surface area contributed by atoms with Crippen LogP contribution in [0.15, 0.2) is 42.5 Å². The van der Waals surface area contributed by atoms with Crippen molar-refractivity contribution >= 4 is 34.6 Å². The molecule has 0 aliphatic carbocycles. The lowest BCUT2D eigenvalue weighted by atomic mass is 10.1. The average molecular weight is 350 g/mol. The molecule has 8 heteroatoms. The molecule has 0 atom stereocenters. The van der Waals surface area contributed by atoms with Gasteiger partial charge in [-0.1, -0.05) is 11.6 Å². The van der Waals surface area contributed by atoms with Crippen LogP contribution < -0.4 is 10.6 Å². The zero-order valence-electron chi connectivity index (χ0n) is 12.9. The summed E-state index contributed by atoms with van der Waals surface area (Å²) in [6.45, 7) is 0.837. The highest BCUT2D eigenvalue weighted by atomic mass is 35.5. The number of ether oxygens (including phenoxy) is 1. The number of hydrogen-bond acceptors (Lipinski definition) is 5. The Morgan fingerprint density at radius 3 is 2.58 bits per heavy atom. The van der Waals surface area contributed by atoms with Crippen molar-refractivity contribution in [2.24, 2.45) is 0 Å². The number of nitro benzene ring substituents is 1. The second-order valence-corrected chi connectivity index (χ2v) is 5.31. The number of hydrogen-bond donors (Lipinski definition) is 2. The fourth-order valence-electron chi connectivity index (χ4n) is 2.00. The molecule has 0 spiro atoms. The monoisotopic (exact) mass is 349 g/mol. The van der Waals surface area contributed by atoms with Gasteiger partial charge in [0, 0.05) is 36.0 Å². The zero-order valence-corrected chi connectivity index (χ0v) is 13.7. The van der Waals surface area contributed by atoms with Crippen LogP contribution in [0.25, 0.3) is 0 Å². The van der Waals surface area contributed by atoms with E-state index in [9.17, 15) is 14.9 Å². The van der Waals surface area contributed by atoms with Crippen LogP contribution in [-0.2, 0) is 4.74 Å². The van der Waals surface area contributed by atoms with E-state index >= 15 is 0 Å². The number of nitro groups is 1. The lowest BCUT2D eigenvalue weighted by molar-refractivity contribution is -0.384. The summed E-state index contributed by atoms with van der Waals surface area (Å²) in [5.74, 6) is -0.441. The first kappa shape index (κ1) is 17.7. The van der Waals surface area contributed by atoms with E-state index in [1.54, 1.807) is 31.4 Å². The number of nitrogens with one attached hydrogen (secondary N) is 2. The third-order valence-electron chi connectivity index (χ3n) is 3.18. The maximum atomic E-state index is 12.2. The predicted molar refractivity (Wildman–Crippen MR) is 92.9 cm³/mol. The van der Waals surface area contributed by atoms with Crippen molar-refractivity contribution in [3.63, 3.8) is 0 Å². The third-order valence-corrected chi connectivity index (χ3v) is 3.43. The maximum absolute atomic E-state index is 12.2.